The molecule has 1 spiro atoms. The van der Waals surface area contributed by atoms with E-state index in [0.29, 0.717) is 0 Å². The SMILES string of the molecule is Clc1ccsc1CCCCC1(c2ccccn2)CCOC2(CCCC2)C1. The number of halogens is 1. The molecule has 0 amide bonds. The van der Waals surface area contributed by atoms with Crippen LogP contribution < -0.4 is 0 Å². The Labute approximate surface area is 165 Å². The molecule has 2 aliphatic rings. The van der Waals surface area contributed by atoms with Crippen molar-refractivity contribution in [3.8, 4) is 0 Å². The van der Waals surface area contributed by atoms with E-state index in [4.69, 9.17) is 21.3 Å². The summed E-state index contributed by atoms with van der Waals surface area (Å²) in [6.45, 7) is 0.882. The maximum atomic E-state index is 6.34. The van der Waals surface area contributed by atoms with Crippen molar-refractivity contribution in [2.45, 2.75) is 75.2 Å². The van der Waals surface area contributed by atoms with Gasteiger partial charge in [-0.1, -0.05) is 36.9 Å². The van der Waals surface area contributed by atoms with E-state index in [2.05, 4.69) is 17.5 Å². The second-order valence-corrected chi connectivity index (χ2v) is 9.47. The summed E-state index contributed by atoms with van der Waals surface area (Å²) in [5, 5.41) is 3.03. The molecular weight excluding hydrogens is 362 g/mol. The summed E-state index contributed by atoms with van der Waals surface area (Å²) in [5.41, 5.74) is 1.58. The molecular formula is C22H28ClNOS. The predicted molar refractivity (Wildman–Crippen MR) is 109 cm³/mol. The Bertz CT molecular complexity index is 710. The summed E-state index contributed by atoms with van der Waals surface area (Å²) in [6.07, 6.45) is 14.0. The Morgan fingerprint density at radius 1 is 1.12 bits per heavy atom. The third-order valence-electron chi connectivity index (χ3n) is 6.37. The van der Waals surface area contributed by atoms with Crippen molar-refractivity contribution in [1.29, 1.82) is 0 Å². The van der Waals surface area contributed by atoms with E-state index >= 15 is 0 Å². The van der Waals surface area contributed by atoms with E-state index in [-0.39, 0.29) is 11.0 Å². The molecule has 3 heterocycles. The summed E-state index contributed by atoms with van der Waals surface area (Å²) < 4.78 is 6.34. The van der Waals surface area contributed by atoms with Crippen LogP contribution in [0.1, 0.15) is 68.4 Å². The van der Waals surface area contributed by atoms with Gasteiger partial charge in [-0.25, -0.2) is 0 Å². The maximum Gasteiger partial charge on any atom is 0.0691 e. The fourth-order valence-electron chi connectivity index (χ4n) is 5.05. The minimum absolute atomic E-state index is 0.118. The van der Waals surface area contributed by atoms with Crippen molar-refractivity contribution in [3.63, 3.8) is 0 Å². The van der Waals surface area contributed by atoms with Crippen molar-refractivity contribution in [2.75, 3.05) is 6.61 Å². The lowest BCUT2D eigenvalue weighted by molar-refractivity contribution is -0.104. The Kier molecular flexibility index (Phi) is 5.68. The van der Waals surface area contributed by atoms with E-state index in [1.165, 1.54) is 55.5 Å². The average molecular weight is 390 g/mol. The number of unbranched alkanes of at least 4 members (excludes halogenated alkanes) is 1. The molecule has 1 saturated carbocycles. The number of nitrogens with zero attached hydrogens (tertiary/aromatic N) is 1. The lowest BCUT2D eigenvalue weighted by Gasteiger charge is -2.46. The van der Waals surface area contributed by atoms with Gasteiger partial charge in [-0.2, -0.15) is 0 Å². The molecule has 4 heteroatoms. The second kappa shape index (κ2) is 8.00. The largest absolute Gasteiger partial charge is 0.375 e. The molecule has 1 atom stereocenters. The predicted octanol–water partition coefficient (Wildman–Crippen LogP) is 6.57. The number of thiophene rings is 1. The van der Waals surface area contributed by atoms with Gasteiger partial charge in [-0.3, -0.25) is 4.98 Å². The monoisotopic (exact) mass is 389 g/mol. The van der Waals surface area contributed by atoms with E-state index in [9.17, 15) is 0 Å². The van der Waals surface area contributed by atoms with Crippen LogP contribution in [0.3, 0.4) is 0 Å². The highest BCUT2D eigenvalue weighted by Gasteiger charge is 2.48. The smallest absolute Gasteiger partial charge is 0.0691 e. The highest BCUT2D eigenvalue weighted by atomic mass is 35.5. The van der Waals surface area contributed by atoms with Crippen LogP contribution in [0.5, 0.6) is 0 Å². The molecule has 1 aliphatic carbocycles. The van der Waals surface area contributed by atoms with Gasteiger partial charge in [-0.05, 0) is 68.5 Å². The van der Waals surface area contributed by atoms with E-state index in [1.807, 2.05) is 18.3 Å². The first kappa shape index (κ1) is 18.5. The van der Waals surface area contributed by atoms with Crippen LogP contribution in [-0.2, 0) is 16.6 Å². The van der Waals surface area contributed by atoms with E-state index in [0.717, 1.165) is 30.9 Å². The topological polar surface area (TPSA) is 22.1 Å². The standard InChI is InChI=1S/C22H28ClNOS/c23-18-9-16-26-19(18)7-1-3-10-21(20-8-2-6-14-24-20)13-15-25-22(17-21)11-4-5-12-22/h2,6,8-9,14,16H,1,3-5,7,10-13,15,17H2. The molecule has 26 heavy (non-hydrogen) atoms. The Balaban J connectivity index is 1.47. The molecule has 0 bridgehead atoms. The van der Waals surface area contributed by atoms with Gasteiger partial charge in [0.15, 0.2) is 0 Å². The highest BCUT2D eigenvalue weighted by molar-refractivity contribution is 7.10. The van der Waals surface area contributed by atoms with Gasteiger partial charge in [0.2, 0.25) is 0 Å². The highest BCUT2D eigenvalue weighted by Crippen LogP contribution is 2.50. The van der Waals surface area contributed by atoms with Crippen LogP contribution in [0.15, 0.2) is 35.8 Å². The number of hydrogen-bond acceptors (Lipinski definition) is 3. The van der Waals surface area contributed by atoms with Crippen molar-refractivity contribution in [2.24, 2.45) is 0 Å². The quantitative estimate of drug-likeness (QED) is 0.521. The molecule has 1 unspecified atom stereocenters. The van der Waals surface area contributed by atoms with Gasteiger partial charge in [0.05, 0.1) is 10.6 Å². The molecule has 0 N–H and O–H groups in total. The summed E-state index contributed by atoms with van der Waals surface area (Å²) in [6, 6.07) is 8.43. The number of aromatic nitrogens is 1. The number of aryl methyl sites for hydroxylation is 1. The summed E-state index contributed by atoms with van der Waals surface area (Å²) in [5.74, 6) is 0. The zero-order valence-corrected chi connectivity index (χ0v) is 17.0. The van der Waals surface area contributed by atoms with Crippen LogP contribution >= 0.6 is 22.9 Å². The fraction of sp³-hybridized carbons (Fsp3) is 0.591. The number of pyridine rings is 1. The molecule has 2 fully saturated rings. The summed E-state index contributed by atoms with van der Waals surface area (Å²) in [7, 11) is 0. The van der Waals surface area contributed by atoms with Gasteiger partial charge in [-0.15, -0.1) is 11.3 Å². The van der Waals surface area contributed by atoms with E-state index < -0.39 is 0 Å². The molecule has 1 aliphatic heterocycles. The molecule has 4 rings (SSSR count). The molecule has 0 aromatic carbocycles. The first-order valence-corrected chi connectivity index (χ1v) is 11.2. The lowest BCUT2D eigenvalue weighted by Crippen LogP contribution is -2.46. The third kappa shape index (κ3) is 3.85. The Morgan fingerprint density at radius 2 is 2.00 bits per heavy atom. The van der Waals surface area contributed by atoms with Gasteiger partial charge in [0.1, 0.15) is 0 Å². The van der Waals surface area contributed by atoms with Crippen LogP contribution in [0, 0.1) is 0 Å². The molecule has 2 nitrogen and oxygen atoms in total. The van der Waals surface area contributed by atoms with Gasteiger partial charge < -0.3 is 4.74 Å². The number of rotatable bonds is 6. The van der Waals surface area contributed by atoms with E-state index in [1.54, 1.807) is 11.3 Å². The van der Waals surface area contributed by atoms with Crippen molar-refractivity contribution in [3.05, 3.63) is 51.4 Å². The van der Waals surface area contributed by atoms with Crippen LogP contribution in [0.4, 0.5) is 0 Å². The zero-order valence-electron chi connectivity index (χ0n) is 15.4. The molecule has 2 aromatic rings. The number of hydrogen-bond donors (Lipinski definition) is 0. The normalized spacial score (nSPS) is 25.0. The van der Waals surface area contributed by atoms with Gasteiger partial charge in [0, 0.05) is 28.8 Å². The van der Waals surface area contributed by atoms with Crippen molar-refractivity contribution in [1.82, 2.24) is 4.98 Å². The minimum atomic E-state index is 0.118. The second-order valence-electron chi connectivity index (χ2n) is 8.06. The third-order valence-corrected chi connectivity index (χ3v) is 7.82. The van der Waals surface area contributed by atoms with Crippen LogP contribution in [0.2, 0.25) is 5.02 Å². The fourth-order valence-corrected chi connectivity index (χ4v) is 6.23. The first-order valence-electron chi connectivity index (χ1n) is 9.99. The molecule has 140 valence electrons. The summed E-state index contributed by atoms with van der Waals surface area (Å²) >= 11 is 8.04. The molecule has 0 radical (unpaired) electrons. The minimum Gasteiger partial charge on any atom is -0.375 e. The van der Waals surface area contributed by atoms with Crippen LogP contribution in [-0.4, -0.2) is 17.2 Å². The summed E-state index contributed by atoms with van der Waals surface area (Å²) in [4.78, 5) is 6.13. The first-order chi connectivity index (χ1) is 12.7. The average Bonchev–Trinajstić information content (AvgIpc) is 3.29. The Hall–Kier alpha value is -0.900. The van der Waals surface area contributed by atoms with Crippen molar-refractivity contribution < 1.29 is 4.74 Å². The van der Waals surface area contributed by atoms with Crippen molar-refractivity contribution >= 4 is 22.9 Å². The molecule has 2 aromatic heterocycles. The Morgan fingerprint density at radius 3 is 2.73 bits per heavy atom. The molecule has 1 saturated heterocycles. The lowest BCUT2D eigenvalue weighted by atomic mass is 9.67. The van der Waals surface area contributed by atoms with Crippen LogP contribution in [0.25, 0.3) is 0 Å². The zero-order chi connectivity index (χ0) is 17.9. The maximum absolute atomic E-state index is 6.34. The van der Waals surface area contributed by atoms with Gasteiger partial charge >= 0.3 is 0 Å². The number of ether oxygens (including phenoxy) is 1. The van der Waals surface area contributed by atoms with Gasteiger partial charge in [0.25, 0.3) is 0 Å².